The number of carboxylic acids is 1. The average molecular weight is 285 g/mol. The van der Waals surface area contributed by atoms with Crippen LogP contribution in [0, 0.1) is 17.6 Å². The number of benzene rings is 1. The molecule has 2 atom stereocenters. The van der Waals surface area contributed by atoms with Gasteiger partial charge in [0.05, 0.1) is 5.92 Å². The maximum absolute atomic E-state index is 13.5. The van der Waals surface area contributed by atoms with Gasteiger partial charge in [0.25, 0.3) is 0 Å². The fraction of sp³-hybridized carbons (Fsp3) is 0.429. The highest BCUT2D eigenvalue weighted by Crippen LogP contribution is 2.22. The number of halogens is 2. The lowest BCUT2D eigenvalue weighted by molar-refractivity contribution is -0.141. The van der Waals surface area contributed by atoms with Gasteiger partial charge in [-0.15, -0.1) is 0 Å². The Morgan fingerprint density at radius 2 is 1.95 bits per heavy atom. The number of carbonyl (C=O) groups is 2. The Hall–Kier alpha value is -1.98. The van der Waals surface area contributed by atoms with Crippen molar-refractivity contribution in [1.29, 1.82) is 0 Å². The number of hydrogen-bond donors (Lipinski definition) is 2. The third-order valence-electron chi connectivity index (χ3n) is 3.01. The Kier molecular flexibility index (Phi) is 5.61. The Morgan fingerprint density at radius 3 is 2.50 bits per heavy atom. The summed E-state index contributed by atoms with van der Waals surface area (Å²) in [6.45, 7) is 3.15. The van der Waals surface area contributed by atoms with Crippen LogP contribution in [0.25, 0.3) is 0 Å². The molecule has 2 N–H and O–H groups in total. The van der Waals surface area contributed by atoms with Gasteiger partial charge in [-0.1, -0.05) is 19.9 Å². The summed E-state index contributed by atoms with van der Waals surface area (Å²) in [6.07, 6.45) is 0.00882. The number of aliphatic carboxylic acids is 1. The Labute approximate surface area is 115 Å². The van der Waals surface area contributed by atoms with Crippen molar-refractivity contribution in [1.82, 2.24) is 5.32 Å². The predicted octanol–water partition coefficient (Wildman–Crippen LogP) is 2.30. The van der Waals surface area contributed by atoms with Gasteiger partial charge in [-0.05, 0) is 17.5 Å². The molecule has 1 aromatic rings. The molecule has 110 valence electrons. The van der Waals surface area contributed by atoms with Crippen LogP contribution in [-0.2, 0) is 9.59 Å². The average Bonchev–Trinajstić information content (AvgIpc) is 2.35. The van der Waals surface area contributed by atoms with Crippen molar-refractivity contribution in [2.24, 2.45) is 5.92 Å². The number of rotatable bonds is 6. The van der Waals surface area contributed by atoms with E-state index in [0.29, 0.717) is 0 Å². The summed E-state index contributed by atoms with van der Waals surface area (Å²) in [5, 5.41) is 11.2. The van der Waals surface area contributed by atoms with E-state index in [1.807, 2.05) is 0 Å². The van der Waals surface area contributed by atoms with E-state index in [4.69, 9.17) is 5.11 Å². The number of carbonyl (C=O) groups excluding carboxylic acids is 1. The van der Waals surface area contributed by atoms with Crippen molar-refractivity contribution in [3.63, 3.8) is 0 Å². The summed E-state index contributed by atoms with van der Waals surface area (Å²) >= 11 is 0. The number of hydrogen-bond acceptors (Lipinski definition) is 2. The minimum Gasteiger partial charge on any atom is -0.481 e. The molecule has 0 bridgehead atoms. The Bertz CT molecular complexity index is 505. The SMILES string of the molecule is CC(CNC(=O)CC(C)c1ccc(F)cc1F)C(=O)O. The second-order valence-electron chi connectivity index (χ2n) is 4.81. The highest BCUT2D eigenvalue weighted by atomic mass is 19.1. The van der Waals surface area contributed by atoms with E-state index in [2.05, 4.69) is 5.32 Å². The van der Waals surface area contributed by atoms with E-state index < -0.39 is 29.4 Å². The van der Waals surface area contributed by atoms with Crippen LogP contribution in [0.5, 0.6) is 0 Å². The first-order chi connectivity index (χ1) is 9.31. The van der Waals surface area contributed by atoms with E-state index in [-0.39, 0.29) is 24.4 Å². The minimum atomic E-state index is -0.997. The third kappa shape index (κ3) is 4.60. The topological polar surface area (TPSA) is 66.4 Å². The molecule has 0 aliphatic carbocycles. The second kappa shape index (κ2) is 6.98. The normalized spacial score (nSPS) is 13.6. The van der Waals surface area contributed by atoms with Gasteiger partial charge in [-0.2, -0.15) is 0 Å². The first-order valence-corrected chi connectivity index (χ1v) is 6.25. The molecule has 0 saturated heterocycles. The summed E-state index contributed by atoms with van der Waals surface area (Å²) in [5.41, 5.74) is 0.257. The van der Waals surface area contributed by atoms with Gasteiger partial charge in [0.2, 0.25) is 5.91 Å². The first kappa shape index (κ1) is 16.1. The molecule has 6 heteroatoms. The standard InChI is InChI=1S/C14H17F2NO3/c1-8(11-4-3-10(15)6-12(11)16)5-13(18)17-7-9(2)14(19)20/h3-4,6,8-9H,5,7H2,1-2H3,(H,17,18)(H,19,20). The van der Waals surface area contributed by atoms with E-state index in [0.717, 1.165) is 12.1 Å². The molecule has 2 unspecified atom stereocenters. The Balaban J connectivity index is 2.55. The molecule has 4 nitrogen and oxygen atoms in total. The number of nitrogens with one attached hydrogen (secondary N) is 1. The molecule has 0 saturated carbocycles. The van der Waals surface area contributed by atoms with Gasteiger partial charge in [0.15, 0.2) is 0 Å². The molecule has 0 aliphatic rings. The fourth-order valence-corrected chi connectivity index (χ4v) is 1.72. The lowest BCUT2D eigenvalue weighted by Crippen LogP contribution is -2.32. The lowest BCUT2D eigenvalue weighted by atomic mass is 9.96. The monoisotopic (exact) mass is 285 g/mol. The zero-order valence-corrected chi connectivity index (χ0v) is 11.3. The lowest BCUT2D eigenvalue weighted by Gasteiger charge is -2.14. The van der Waals surface area contributed by atoms with Crippen LogP contribution >= 0.6 is 0 Å². The van der Waals surface area contributed by atoms with Gasteiger partial charge < -0.3 is 10.4 Å². The maximum Gasteiger partial charge on any atom is 0.308 e. The van der Waals surface area contributed by atoms with Crippen LogP contribution in [0.2, 0.25) is 0 Å². The van der Waals surface area contributed by atoms with Crippen LogP contribution in [0.3, 0.4) is 0 Å². The van der Waals surface area contributed by atoms with Crippen LogP contribution < -0.4 is 5.32 Å². The van der Waals surface area contributed by atoms with Gasteiger partial charge in [0.1, 0.15) is 11.6 Å². The van der Waals surface area contributed by atoms with Crippen LogP contribution in [0.1, 0.15) is 31.7 Å². The van der Waals surface area contributed by atoms with E-state index >= 15 is 0 Å². The number of carboxylic acid groups (broad SMARTS) is 1. The Morgan fingerprint density at radius 1 is 1.30 bits per heavy atom. The fourth-order valence-electron chi connectivity index (χ4n) is 1.72. The summed E-state index contributed by atoms with van der Waals surface area (Å²) in [4.78, 5) is 22.2. The quantitative estimate of drug-likeness (QED) is 0.842. The molecule has 0 fully saturated rings. The minimum absolute atomic E-state index is 0.00882. The summed E-state index contributed by atoms with van der Waals surface area (Å²) in [5.74, 6) is -3.83. The maximum atomic E-state index is 13.5. The summed E-state index contributed by atoms with van der Waals surface area (Å²) in [6, 6.07) is 3.22. The van der Waals surface area contributed by atoms with Crippen molar-refractivity contribution in [3.05, 3.63) is 35.4 Å². The second-order valence-corrected chi connectivity index (χ2v) is 4.81. The zero-order chi connectivity index (χ0) is 15.3. The zero-order valence-electron chi connectivity index (χ0n) is 11.3. The summed E-state index contributed by atoms with van der Waals surface area (Å²) < 4.78 is 26.3. The molecule has 20 heavy (non-hydrogen) atoms. The molecule has 1 rings (SSSR count). The van der Waals surface area contributed by atoms with Crippen LogP contribution in [-0.4, -0.2) is 23.5 Å². The van der Waals surface area contributed by atoms with Gasteiger partial charge in [-0.25, -0.2) is 8.78 Å². The summed E-state index contributed by atoms with van der Waals surface area (Å²) in [7, 11) is 0. The van der Waals surface area contributed by atoms with Crippen LogP contribution in [0.4, 0.5) is 8.78 Å². The molecule has 0 spiro atoms. The van der Waals surface area contributed by atoms with E-state index in [9.17, 15) is 18.4 Å². The van der Waals surface area contributed by atoms with Crippen molar-refractivity contribution < 1.29 is 23.5 Å². The number of amides is 1. The van der Waals surface area contributed by atoms with Crippen molar-refractivity contribution in [3.8, 4) is 0 Å². The molecule has 0 heterocycles. The molecule has 0 aromatic heterocycles. The molecule has 1 amide bonds. The van der Waals surface area contributed by atoms with Gasteiger partial charge in [-0.3, -0.25) is 9.59 Å². The highest BCUT2D eigenvalue weighted by molar-refractivity contribution is 5.78. The molecular weight excluding hydrogens is 268 g/mol. The van der Waals surface area contributed by atoms with E-state index in [1.54, 1.807) is 6.92 Å². The van der Waals surface area contributed by atoms with Crippen molar-refractivity contribution in [2.75, 3.05) is 6.54 Å². The first-order valence-electron chi connectivity index (χ1n) is 6.25. The van der Waals surface area contributed by atoms with Crippen molar-refractivity contribution in [2.45, 2.75) is 26.2 Å². The largest absolute Gasteiger partial charge is 0.481 e. The van der Waals surface area contributed by atoms with Crippen molar-refractivity contribution >= 4 is 11.9 Å². The van der Waals surface area contributed by atoms with Gasteiger partial charge in [0, 0.05) is 19.0 Å². The molecule has 0 radical (unpaired) electrons. The molecule has 0 aliphatic heterocycles. The van der Waals surface area contributed by atoms with E-state index in [1.165, 1.54) is 13.0 Å². The predicted molar refractivity (Wildman–Crippen MR) is 69.2 cm³/mol. The third-order valence-corrected chi connectivity index (χ3v) is 3.01. The van der Waals surface area contributed by atoms with Gasteiger partial charge >= 0.3 is 5.97 Å². The highest BCUT2D eigenvalue weighted by Gasteiger charge is 2.17. The molecular formula is C14H17F2NO3. The smallest absolute Gasteiger partial charge is 0.308 e. The van der Waals surface area contributed by atoms with Crippen LogP contribution in [0.15, 0.2) is 18.2 Å². The molecule has 1 aromatic carbocycles.